The van der Waals surface area contributed by atoms with Gasteiger partial charge in [0.15, 0.2) is 18.0 Å². The maximum atomic E-state index is 13.5. The Morgan fingerprint density at radius 3 is 2.16 bits per heavy atom. The Hall–Kier alpha value is -4.29. The van der Waals surface area contributed by atoms with Crippen molar-refractivity contribution in [3.63, 3.8) is 0 Å². The molecule has 0 radical (unpaired) electrons. The largest absolute Gasteiger partial charge is 0.508 e. The number of aliphatic hydroxyl groups excluding tert-OH is 1. The number of hydrogen-bond donors (Lipinski definition) is 4. The van der Waals surface area contributed by atoms with Gasteiger partial charge in [0.25, 0.3) is 0 Å². The summed E-state index contributed by atoms with van der Waals surface area (Å²) in [6, 6.07) is 7.58. The van der Waals surface area contributed by atoms with Crippen LogP contribution in [0.5, 0.6) is 23.0 Å². The van der Waals surface area contributed by atoms with Gasteiger partial charge in [-0.3, -0.25) is 14.4 Å². The van der Waals surface area contributed by atoms with E-state index < -0.39 is 59.6 Å². The average molecular weight is 516 g/mol. The Labute approximate surface area is 209 Å². The van der Waals surface area contributed by atoms with Gasteiger partial charge in [-0.1, -0.05) is 0 Å². The number of aliphatic hydroxyl groups is 1. The molecule has 2 heterocycles. The predicted octanol–water partition coefficient (Wildman–Crippen LogP) is 1.92. The Morgan fingerprint density at radius 2 is 1.54 bits per heavy atom. The number of ether oxygens (including phenoxy) is 4. The molecule has 0 bridgehead atoms. The molecule has 5 unspecified atom stereocenters. The van der Waals surface area contributed by atoms with Gasteiger partial charge in [0.05, 0.1) is 6.10 Å². The molecule has 0 saturated carbocycles. The molecule has 0 aliphatic carbocycles. The normalized spacial score (nSPS) is 23.4. The van der Waals surface area contributed by atoms with E-state index in [0.29, 0.717) is 0 Å². The van der Waals surface area contributed by atoms with E-state index in [0.717, 1.165) is 26.0 Å². The van der Waals surface area contributed by atoms with Crippen LogP contribution in [0.3, 0.4) is 0 Å². The maximum absolute atomic E-state index is 13.5. The van der Waals surface area contributed by atoms with Crippen LogP contribution in [0.25, 0.3) is 22.3 Å². The highest BCUT2D eigenvalue weighted by atomic mass is 16.7. The minimum atomic E-state index is -1.59. The third-order valence-corrected chi connectivity index (χ3v) is 5.64. The lowest BCUT2D eigenvalue weighted by Gasteiger charge is -2.41. The van der Waals surface area contributed by atoms with Crippen molar-refractivity contribution in [3.8, 4) is 34.3 Å². The second-order valence-corrected chi connectivity index (χ2v) is 8.44. The van der Waals surface area contributed by atoms with Crippen LogP contribution in [0.1, 0.15) is 20.8 Å². The van der Waals surface area contributed by atoms with Gasteiger partial charge in [0.1, 0.15) is 34.3 Å². The first-order chi connectivity index (χ1) is 17.5. The topological polar surface area (TPSA) is 182 Å². The third kappa shape index (κ3) is 5.15. The molecule has 1 fully saturated rings. The molecule has 2 aromatic carbocycles. The molecule has 12 heteroatoms. The van der Waals surface area contributed by atoms with Crippen molar-refractivity contribution in [2.24, 2.45) is 0 Å². The number of benzene rings is 2. The molecule has 1 aromatic heterocycles. The van der Waals surface area contributed by atoms with Crippen molar-refractivity contribution in [1.29, 1.82) is 0 Å². The van der Waals surface area contributed by atoms with Crippen LogP contribution in [-0.2, 0) is 23.8 Å². The van der Waals surface area contributed by atoms with Crippen molar-refractivity contribution in [3.05, 3.63) is 46.6 Å². The number of aromatic hydroxyl groups is 3. The fraction of sp³-hybridized carbons (Fsp3) is 0.320. The quantitative estimate of drug-likeness (QED) is 0.362. The second-order valence-electron chi connectivity index (χ2n) is 8.44. The minimum Gasteiger partial charge on any atom is -0.508 e. The fourth-order valence-electron chi connectivity index (χ4n) is 4.06. The van der Waals surface area contributed by atoms with Gasteiger partial charge in [-0.2, -0.15) is 0 Å². The van der Waals surface area contributed by atoms with E-state index in [1.54, 1.807) is 0 Å². The number of phenolic OH excluding ortho intramolecular Hbond substituents is 3. The summed E-state index contributed by atoms with van der Waals surface area (Å²) >= 11 is 0. The lowest BCUT2D eigenvalue weighted by Crippen LogP contribution is -2.60. The van der Waals surface area contributed by atoms with E-state index in [9.17, 15) is 34.8 Å². The third-order valence-electron chi connectivity index (χ3n) is 5.64. The molecular weight excluding hydrogens is 492 g/mol. The van der Waals surface area contributed by atoms with Crippen LogP contribution in [0.2, 0.25) is 0 Å². The highest BCUT2D eigenvalue weighted by Crippen LogP contribution is 2.38. The molecule has 1 aliphatic heterocycles. The van der Waals surface area contributed by atoms with Gasteiger partial charge in [0.2, 0.25) is 17.5 Å². The van der Waals surface area contributed by atoms with Crippen LogP contribution in [0, 0.1) is 0 Å². The fourth-order valence-corrected chi connectivity index (χ4v) is 4.06. The van der Waals surface area contributed by atoms with Gasteiger partial charge in [0, 0.05) is 31.5 Å². The molecular formula is C25H24O12. The average Bonchev–Trinajstić information content (AvgIpc) is 2.80. The monoisotopic (exact) mass is 516 g/mol. The number of carbonyl (C=O) groups excluding carboxylic acids is 2. The van der Waals surface area contributed by atoms with Gasteiger partial charge in [-0.15, -0.1) is 0 Å². The second kappa shape index (κ2) is 9.99. The van der Waals surface area contributed by atoms with Crippen molar-refractivity contribution < 1.29 is 53.4 Å². The summed E-state index contributed by atoms with van der Waals surface area (Å²) in [6.45, 7) is 3.70. The molecule has 1 aliphatic rings. The summed E-state index contributed by atoms with van der Waals surface area (Å²) in [5.41, 5.74) is -0.764. The van der Waals surface area contributed by atoms with E-state index in [4.69, 9.17) is 23.4 Å². The number of rotatable bonds is 5. The summed E-state index contributed by atoms with van der Waals surface area (Å²) in [7, 11) is 0. The molecule has 0 spiro atoms. The van der Waals surface area contributed by atoms with E-state index >= 15 is 0 Å². The zero-order valence-electron chi connectivity index (χ0n) is 19.9. The summed E-state index contributed by atoms with van der Waals surface area (Å²) in [5, 5.41) is 40.4. The summed E-state index contributed by atoms with van der Waals surface area (Å²) in [5.74, 6) is -3.18. The van der Waals surface area contributed by atoms with Crippen LogP contribution in [0.4, 0.5) is 0 Å². The first-order valence-corrected chi connectivity index (χ1v) is 11.1. The Balaban J connectivity index is 1.86. The van der Waals surface area contributed by atoms with Crippen LogP contribution in [-0.4, -0.2) is 63.1 Å². The Morgan fingerprint density at radius 1 is 0.919 bits per heavy atom. The molecule has 196 valence electrons. The Kier molecular flexibility index (Phi) is 6.96. The maximum Gasteiger partial charge on any atom is 0.303 e. The van der Waals surface area contributed by atoms with E-state index in [-0.39, 0.29) is 33.8 Å². The van der Waals surface area contributed by atoms with Gasteiger partial charge in [-0.05, 0) is 31.2 Å². The first-order valence-electron chi connectivity index (χ1n) is 11.1. The lowest BCUT2D eigenvalue weighted by molar-refractivity contribution is -0.277. The molecule has 4 rings (SSSR count). The van der Waals surface area contributed by atoms with Crippen LogP contribution >= 0.6 is 0 Å². The predicted molar refractivity (Wildman–Crippen MR) is 125 cm³/mol. The molecule has 0 amide bonds. The molecule has 37 heavy (non-hydrogen) atoms. The number of carbonyl (C=O) groups is 2. The highest BCUT2D eigenvalue weighted by molar-refractivity contribution is 5.88. The van der Waals surface area contributed by atoms with Crippen molar-refractivity contribution in [2.75, 3.05) is 0 Å². The smallest absolute Gasteiger partial charge is 0.303 e. The molecule has 3 aromatic rings. The molecule has 5 atom stereocenters. The highest BCUT2D eigenvalue weighted by Gasteiger charge is 2.49. The number of fused-ring (bicyclic) bond motifs is 1. The minimum absolute atomic E-state index is 0.0661. The van der Waals surface area contributed by atoms with Crippen molar-refractivity contribution >= 4 is 22.9 Å². The van der Waals surface area contributed by atoms with E-state index in [1.165, 1.54) is 31.2 Å². The number of esters is 2. The standard InChI is InChI=1S/C25H24O12/c1-10-21(34-11(2)26)20(32)24(35-12(3)27)25(33-10)37-23-19(31)18-16(30)8-15(29)9-17(18)36-22(23)13-4-6-14(28)7-5-13/h4-10,20-21,24-25,28-30,32H,1-3H3. The van der Waals surface area contributed by atoms with Crippen LogP contribution in [0.15, 0.2) is 45.6 Å². The SMILES string of the molecule is CC(=O)OC1C(C)OC(Oc2c(-c3ccc(O)cc3)oc3cc(O)cc(O)c3c2=O)C(OC(C)=O)C1O. The molecule has 4 N–H and O–H groups in total. The number of phenols is 3. The van der Waals surface area contributed by atoms with Gasteiger partial charge in [-0.25, -0.2) is 0 Å². The molecule has 1 saturated heterocycles. The zero-order chi connectivity index (χ0) is 27.0. The van der Waals surface area contributed by atoms with Crippen molar-refractivity contribution in [2.45, 2.75) is 51.5 Å². The number of hydrogen-bond acceptors (Lipinski definition) is 12. The van der Waals surface area contributed by atoms with Gasteiger partial charge >= 0.3 is 11.9 Å². The van der Waals surface area contributed by atoms with E-state index in [2.05, 4.69) is 0 Å². The van der Waals surface area contributed by atoms with Crippen molar-refractivity contribution in [1.82, 2.24) is 0 Å². The first kappa shape index (κ1) is 25.8. The Bertz CT molecular complexity index is 1390. The summed E-state index contributed by atoms with van der Waals surface area (Å²) in [4.78, 5) is 36.8. The van der Waals surface area contributed by atoms with Gasteiger partial charge < -0.3 is 43.8 Å². The van der Waals surface area contributed by atoms with Crippen LogP contribution < -0.4 is 10.2 Å². The zero-order valence-corrected chi connectivity index (χ0v) is 19.9. The summed E-state index contributed by atoms with van der Waals surface area (Å²) in [6.07, 6.45) is -6.86. The van der Waals surface area contributed by atoms with E-state index in [1.807, 2.05) is 0 Å². The summed E-state index contributed by atoms with van der Waals surface area (Å²) < 4.78 is 27.8. The lowest BCUT2D eigenvalue weighted by atomic mass is 9.99. The molecule has 12 nitrogen and oxygen atoms in total.